The molecule has 0 fully saturated rings. The number of rotatable bonds is 6. The van der Waals surface area contributed by atoms with Gasteiger partial charge < -0.3 is 11.1 Å². The minimum atomic E-state index is 0.00469. The molecule has 0 bridgehead atoms. The maximum Gasteiger partial charge on any atom is 0.220 e. The molecule has 0 aliphatic rings. The van der Waals surface area contributed by atoms with Crippen molar-refractivity contribution in [2.45, 2.75) is 45.2 Å². The van der Waals surface area contributed by atoms with E-state index in [0.717, 1.165) is 18.4 Å². The molecule has 4 heteroatoms. The normalized spacial score (nSPS) is 14.0. The summed E-state index contributed by atoms with van der Waals surface area (Å²) in [5.41, 5.74) is 6.70. The van der Waals surface area contributed by atoms with Crippen LogP contribution in [0, 0.1) is 0 Å². The minimum Gasteiger partial charge on any atom is -0.350 e. The lowest BCUT2D eigenvalue weighted by atomic mass is 10.1. The van der Waals surface area contributed by atoms with E-state index in [9.17, 15) is 4.79 Å². The summed E-state index contributed by atoms with van der Waals surface area (Å²) < 4.78 is 0. The van der Waals surface area contributed by atoms with Crippen LogP contribution in [0.1, 0.15) is 44.7 Å². The summed E-state index contributed by atoms with van der Waals surface area (Å²) in [5.74, 6) is 0.0677. The fraction of sp³-hybridized carbons (Fsp3) is 0.500. The lowest BCUT2D eigenvalue weighted by molar-refractivity contribution is -0.121. The van der Waals surface area contributed by atoms with Gasteiger partial charge in [-0.3, -0.25) is 4.79 Å². The molecule has 0 radical (unpaired) electrons. The zero-order valence-electron chi connectivity index (χ0n) is 10.9. The van der Waals surface area contributed by atoms with Gasteiger partial charge in [-0.25, -0.2) is 0 Å². The summed E-state index contributed by atoms with van der Waals surface area (Å²) in [4.78, 5) is 11.7. The fourth-order valence-corrected chi connectivity index (χ4v) is 1.86. The summed E-state index contributed by atoms with van der Waals surface area (Å²) in [6.45, 7) is 3.92. The molecule has 3 N–H and O–H groups in total. The van der Waals surface area contributed by atoms with Gasteiger partial charge in [-0.15, -0.1) is 0 Å². The number of carbonyl (C=O) groups is 1. The van der Waals surface area contributed by atoms with Crippen LogP contribution in [0.5, 0.6) is 0 Å². The second-order valence-electron chi connectivity index (χ2n) is 4.71. The van der Waals surface area contributed by atoms with E-state index < -0.39 is 0 Å². The number of hydrogen-bond donors (Lipinski definition) is 2. The second-order valence-corrected chi connectivity index (χ2v) is 5.15. The number of benzene rings is 1. The predicted octanol–water partition coefficient (Wildman–Crippen LogP) is 3.03. The van der Waals surface area contributed by atoms with Crippen LogP contribution in [0.15, 0.2) is 24.3 Å². The highest BCUT2D eigenvalue weighted by Crippen LogP contribution is 2.16. The molecule has 0 saturated carbocycles. The summed E-state index contributed by atoms with van der Waals surface area (Å²) in [7, 11) is 0. The Bertz CT molecular complexity index is 376. The van der Waals surface area contributed by atoms with Gasteiger partial charge in [0.15, 0.2) is 0 Å². The summed E-state index contributed by atoms with van der Waals surface area (Å²) >= 11 is 5.82. The Balaban J connectivity index is 2.37. The Hall–Kier alpha value is -1.06. The average molecular weight is 269 g/mol. The Kier molecular flexibility index (Phi) is 6.16. The van der Waals surface area contributed by atoms with Gasteiger partial charge >= 0.3 is 0 Å². The number of nitrogens with one attached hydrogen (secondary N) is 1. The molecule has 0 aliphatic heterocycles. The molecular formula is C14H21ClN2O. The predicted molar refractivity (Wildman–Crippen MR) is 75.5 cm³/mol. The van der Waals surface area contributed by atoms with E-state index >= 15 is 0 Å². The van der Waals surface area contributed by atoms with Crippen LogP contribution in [0.4, 0.5) is 0 Å². The monoisotopic (exact) mass is 268 g/mol. The largest absolute Gasteiger partial charge is 0.350 e. The molecule has 1 amide bonds. The van der Waals surface area contributed by atoms with Crippen molar-refractivity contribution in [3.63, 3.8) is 0 Å². The number of nitrogens with two attached hydrogens (primary N) is 1. The molecule has 3 nitrogen and oxygen atoms in total. The first-order chi connectivity index (χ1) is 8.49. The van der Waals surface area contributed by atoms with Crippen LogP contribution in [0.25, 0.3) is 0 Å². The van der Waals surface area contributed by atoms with Gasteiger partial charge in [0, 0.05) is 17.5 Å². The van der Waals surface area contributed by atoms with E-state index in [1.54, 1.807) is 0 Å². The average Bonchev–Trinajstić information content (AvgIpc) is 2.29. The summed E-state index contributed by atoms with van der Waals surface area (Å²) in [6.07, 6.45) is 2.24. The van der Waals surface area contributed by atoms with E-state index in [4.69, 9.17) is 17.3 Å². The van der Waals surface area contributed by atoms with Crippen molar-refractivity contribution in [3.8, 4) is 0 Å². The van der Waals surface area contributed by atoms with Crippen LogP contribution in [0.2, 0.25) is 5.02 Å². The summed E-state index contributed by atoms with van der Waals surface area (Å²) in [5, 5.41) is 3.67. The molecule has 1 aromatic carbocycles. The van der Waals surface area contributed by atoms with Crippen LogP contribution in [-0.4, -0.2) is 11.9 Å². The van der Waals surface area contributed by atoms with E-state index in [0.29, 0.717) is 11.4 Å². The summed E-state index contributed by atoms with van der Waals surface area (Å²) in [6, 6.07) is 7.67. The van der Waals surface area contributed by atoms with E-state index in [1.807, 2.05) is 38.1 Å². The lowest BCUT2D eigenvalue weighted by Gasteiger charge is -2.14. The first-order valence-electron chi connectivity index (χ1n) is 6.29. The Morgan fingerprint density at radius 3 is 2.50 bits per heavy atom. The molecule has 0 aliphatic carbocycles. The van der Waals surface area contributed by atoms with Gasteiger partial charge in [0.25, 0.3) is 0 Å². The van der Waals surface area contributed by atoms with Crippen LogP contribution >= 0.6 is 11.6 Å². The van der Waals surface area contributed by atoms with Gasteiger partial charge in [-0.05, 0) is 44.4 Å². The molecule has 1 rings (SSSR count). The fourth-order valence-electron chi connectivity index (χ4n) is 1.73. The molecule has 2 atom stereocenters. The third-order valence-electron chi connectivity index (χ3n) is 2.81. The first-order valence-corrected chi connectivity index (χ1v) is 6.67. The van der Waals surface area contributed by atoms with Gasteiger partial charge in [-0.1, -0.05) is 23.7 Å². The number of carbonyl (C=O) groups excluding carboxylic acids is 1. The van der Waals surface area contributed by atoms with E-state index in [1.165, 1.54) is 0 Å². The van der Waals surface area contributed by atoms with Crippen molar-refractivity contribution >= 4 is 17.5 Å². The Labute approximate surface area is 114 Å². The SMILES string of the molecule is CC(N)CCCC(=O)NC(C)c1ccc(Cl)cc1. The van der Waals surface area contributed by atoms with Crippen LogP contribution in [-0.2, 0) is 4.79 Å². The van der Waals surface area contributed by atoms with Crippen molar-refractivity contribution in [3.05, 3.63) is 34.9 Å². The molecular weight excluding hydrogens is 248 g/mol. The Morgan fingerprint density at radius 1 is 1.33 bits per heavy atom. The van der Waals surface area contributed by atoms with E-state index in [-0.39, 0.29) is 18.0 Å². The highest BCUT2D eigenvalue weighted by molar-refractivity contribution is 6.30. The van der Waals surface area contributed by atoms with Crippen molar-refractivity contribution in [2.24, 2.45) is 5.73 Å². The van der Waals surface area contributed by atoms with Crippen molar-refractivity contribution in [2.75, 3.05) is 0 Å². The van der Waals surface area contributed by atoms with E-state index in [2.05, 4.69) is 5.32 Å². The maximum absolute atomic E-state index is 11.7. The van der Waals surface area contributed by atoms with Gasteiger partial charge in [-0.2, -0.15) is 0 Å². The molecule has 0 aromatic heterocycles. The topological polar surface area (TPSA) is 55.1 Å². The van der Waals surface area contributed by atoms with Crippen LogP contribution in [0.3, 0.4) is 0 Å². The highest BCUT2D eigenvalue weighted by atomic mass is 35.5. The molecule has 0 heterocycles. The standard InChI is InChI=1S/C14H21ClN2O/c1-10(16)4-3-5-14(18)17-11(2)12-6-8-13(15)9-7-12/h6-11H,3-5,16H2,1-2H3,(H,17,18). The van der Waals surface area contributed by atoms with Crippen molar-refractivity contribution in [1.29, 1.82) is 0 Å². The van der Waals surface area contributed by atoms with Gasteiger partial charge in [0.2, 0.25) is 5.91 Å². The molecule has 18 heavy (non-hydrogen) atoms. The van der Waals surface area contributed by atoms with Gasteiger partial charge in [0.1, 0.15) is 0 Å². The molecule has 0 spiro atoms. The minimum absolute atomic E-state index is 0.00469. The molecule has 100 valence electrons. The Morgan fingerprint density at radius 2 is 1.94 bits per heavy atom. The maximum atomic E-state index is 11.7. The smallest absolute Gasteiger partial charge is 0.220 e. The zero-order chi connectivity index (χ0) is 13.5. The number of hydrogen-bond acceptors (Lipinski definition) is 2. The second kappa shape index (κ2) is 7.39. The number of amides is 1. The zero-order valence-corrected chi connectivity index (χ0v) is 11.7. The molecule has 1 aromatic rings. The van der Waals surface area contributed by atoms with Crippen molar-refractivity contribution in [1.82, 2.24) is 5.32 Å². The number of halogens is 1. The van der Waals surface area contributed by atoms with Crippen LogP contribution < -0.4 is 11.1 Å². The highest BCUT2D eigenvalue weighted by Gasteiger charge is 2.09. The molecule has 0 saturated heterocycles. The third-order valence-corrected chi connectivity index (χ3v) is 3.06. The van der Waals surface area contributed by atoms with Crippen molar-refractivity contribution < 1.29 is 4.79 Å². The molecule has 2 unspecified atom stereocenters. The third kappa shape index (κ3) is 5.52. The first kappa shape index (κ1) is 15.0. The lowest BCUT2D eigenvalue weighted by Crippen LogP contribution is -2.26. The van der Waals surface area contributed by atoms with Gasteiger partial charge in [0.05, 0.1) is 6.04 Å². The quantitative estimate of drug-likeness (QED) is 0.833.